The van der Waals surface area contributed by atoms with E-state index in [1.165, 1.54) is 0 Å². The first kappa shape index (κ1) is 15.0. The number of fused-ring (bicyclic) bond motifs is 1. The van der Waals surface area contributed by atoms with E-state index in [1.54, 1.807) is 18.5 Å². The summed E-state index contributed by atoms with van der Waals surface area (Å²) in [6.07, 6.45) is 1.61. The van der Waals surface area contributed by atoms with Crippen LogP contribution in [0.4, 0.5) is 5.69 Å². The minimum atomic E-state index is -0.173. The average Bonchev–Trinajstić information content (AvgIpc) is 3.12. The largest absolute Gasteiger partial charge is 0.457 e. The molecular formula is C20H15N3O2. The molecule has 0 saturated carbocycles. The van der Waals surface area contributed by atoms with Crippen molar-refractivity contribution in [3.63, 3.8) is 0 Å². The average molecular weight is 329 g/mol. The molecular weight excluding hydrogens is 314 g/mol. The van der Waals surface area contributed by atoms with Gasteiger partial charge in [-0.25, -0.2) is 4.98 Å². The molecule has 4 aromatic rings. The number of aromatic nitrogens is 2. The molecule has 0 radical (unpaired) electrons. The van der Waals surface area contributed by atoms with Crippen LogP contribution in [0.3, 0.4) is 0 Å². The van der Waals surface area contributed by atoms with Crippen molar-refractivity contribution in [1.82, 2.24) is 9.97 Å². The molecule has 0 aliphatic rings. The zero-order valence-electron chi connectivity index (χ0n) is 13.3. The van der Waals surface area contributed by atoms with Crippen molar-refractivity contribution < 1.29 is 9.53 Å². The Labute approximate surface area is 144 Å². The number of anilines is 1. The molecule has 0 unspecified atom stereocenters. The lowest BCUT2D eigenvalue weighted by atomic mass is 10.2. The number of benzene rings is 3. The Kier molecular flexibility index (Phi) is 3.88. The lowest BCUT2D eigenvalue weighted by Gasteiger charge is -2.08. The summed E-state index contributed by atoms with van der Waals surface area (Å²) in [4.78, 5) is 19.5. The molecule has 122 valence electrons. The van der Waals surface area contributed by atoms with Gasteiger partial charge in [0.2, 0.25) is 0 Å². The summed E-state index contributed by atoms with van der Waals surface area (Å²) in [5.74, 6) is 1.31. The molecule has 0 saturated heterocycles. The smallest absolute Gasteiger partial charge is 0.255 e. The number of hydrogen-bond acceptors (Lipinski definition) is 3. The van der Waals surface area contributed by atoms with Gasteiger partial charge < -0.3 is 15.0 Å². The molecule has 3 aromatic carbocycles. The zero-order chi connectivity index (χ0) is 17.1. The summed E-state index contributed by atoms with van der Waals surface area (Å²) >= 11 is 0. The molecule has 25 heavy (non-hydrogen) atoms. The fourth-order valence-electron chi connectivity index (χ4n) is 2.51. The minimum Gasteiger partial charge on any atom is -0.457 e. The lowest BCUT2D eigenvalue weighted by molar-refractivity contribution is 0.102. The van der Waals surface area contributed by atoms with Crippen molar-refractivity contribution in [3.05, 3.63) is 84.7 Å². The van der Waals surface area contributed by atoms with Crippen molar-refractivity contribution in [2.24, 2.45) is 0 Å². The van der Waals surface area contributed by atoms with Gasteiger partial charge in [0, 0.05) is 11.3 Å². The molecule has 5 heteroatoms. The van der Waals surface area contributed by atoms with Crippen molar-refractivity contribution in [2.75, 3.05) is 5.32 Å². The summed E-state index contributed by atoms with van der Waals surface area (Å²) < 4.78 is 5.74. The summed E-state index contributed by atoms with van der Waals surface area (Å²) in [6.45, 7) is 0. The summed E-state index contributed by atoms with van der Waals surface area (Å²) in [5, 5.41) is 2.88. The molecule has 0 fully saturated rings. The minimum absolute atomic E-state index is 0.173. The molecule has 0 spiro atoms. The number of aromatic amines is 1. The van der Waals surface area contributed by atoms with Gasteiger partial charge in [0.25, 0.3) is 5.91 Å². The fraction of sp³-hybridized carbons (Fsp3) is 0. The second kappa shape index (κ2) is 6.49. The third-order valence-electron chi connectivity index (χ3n) is 3.77. The second-order valence-electron chi connectivity index (χ2n) is 5.53. The number of carbonyl (C=O) groups is 1. The van der Waals surface area contributed by atoms with Crippen LogP contribution in [-0.2, 0) is 0 Å². The predicted molar refractivity (Wildman–Crippen MR) is 97.0 cm³/mol. The van der Waals surface area contributed by atoms with E-state index in [2.05, 4.69) is 15.3 Å². The van der Waals surface area contributed by atoms with Crippen LogP contribution in [0.5, 0.6) is 11.5 Å². The van der Waals surface area contributed by atoms with Crippen LogP contribution in [-0.4, -0.2) is 15.9 Å². The number of H-pyrrole nitrogens is 1. The maximum Gasteiger partial charge on any atom is 0.255 e. The highest BCUT2D eigenvalue weighted by molar-refractivity contribution is 6.05. The highest BCUT2D eigenvalue weighted by Crippen LogP contribution is 2.23. The van der Waals surface area contributed by atoms with Crippen LogP contribution in [0.25, 0.3) is 11.0 Å². The van der Waals surface area contributed by atoms with E-state index in [9.17, 15) is 4.79 Å². The van der Waals surface area contributed by atoms with Crippen molar-refractivity contribution in [1.29, 1.82) is 0 Å². The topological polar surface area (TPSA) is 67.0 Å². The van der Waals surface area contributed by atoms with Crippen LogP contribution in [0, 0.1) is 0 Å². The first-order chi connectivity index (χ1) is 12.3. The SMILES string of the molecule is O=C(Nc1ccc(Oc2ccccc2)cc1)c1ccc2nc[nH]c2c1. The molecule has 5 nitrogen and oxygen atoms in total. The van der Waals surface area contributed by atoms with Gasteiger partial charge in [-0.15, -0.1) is 0 Å². The second-order valence-corrected chi connectivity index (χ2v) is 5.53. The Hall–Kier alpha value is -3.60. The predicted octanol–water partition coefficient (Wildman–Crippen LogP) is 4.61. The van der Waals surface area contributed by atoms with Crippen molar-refractivity contribution in [3.8, 4) is 11.5 Å². The van der Waals surface area contributed by atoms with Gasteiger partial charge in [0.15, 0.2) is 0 Å². The lowest BCUT2D eigenvalue weighted by Crippen LogP contribution is -2.11. The Morgan fingerprint density at radius 3 is 2.48 bits per heavy atom. The quantitative estimate of drug-likeness (QED) is 0.574. The molecule has 0 aliphatic heterocycles. The van der Waals surface area contributed by atoms with Gasteiger partial charge in [-0.1, -0.05) is 18.2 Å². The van der Waals surface area contributed by atoms with Crippen LogP contribution < -0.4 is 10.1 Å². The summed E-state index contributed by atoms with van der Waals surface area (Å²) in [5.41, 5.74) is 2.94. The number of amides is 1. The van der Waals surface area contributed by atoms with Gasteiger partial charge in [0.05, 0.1) is 17.4 Å². The van der Waals surface area contributed by atoms with E-state index in [1.807, 2.05) is 60.7 Å². The third-order valence-corrected chi connectivity index (χ3v) is 3.77. The molecule has 0 aliphatic carbocycles. The first-order valence-corrected chi connectivity index (χ1v) is 7.85. The number of hydrogen-bond donors (Lipinski definition) is 2. The van der Waals surface area contributed by atoms with Gasteiger partial charge >= 0.3 is 0 Å². The molecule has 2 N–H and O–H groups in total. The monoisotopic (exact) mass is 329 g/mol. The van der Waals surface area contributed by atoms with Crippen LogP contribution >= 0.6 is 0 Å². The van der Waals surface area contributed by atoms with E-state index in [-0.39, 0.29) is 5.91 Å². The van der Waals surface area contributed by atoms with Gasteiger partial charge in [-0.2, -0.15) is 0 Å². The number of nitrogens with one attached hydrogen (secondary N) is 2. The van der Waals surface area contributed by atoms with E-state index in [0.717, 1.165) is 16.8 Å². The molecule has 1 aromatic heterocycles. The molecule has 1 amide bonds. The van der Waals surface area contributed by atoms with Crippen LogP contribution in [0.2, 0.25) is 0 Å². The van der Waals surface area contributed by atoms with E-state index < -0.39 is 0 Å². The Morgan fingerprint density at radius 2 is 1.68 bits per heavy atom. The van der Waals surface area contributed by atoms with Crippen LogP contribution in [0.1, 0.15) is 10.4 Å². The van der Waals surface area contributed by atoms with Gasteiger partial charge in [0.1, 0.15) is 11.5 Å². The molecule has 0 bridgehead atoms. The number of rotatable bonds is 4. The normalized spacial score (nSPS) is 10.6. The van der Waals surface area contributed by atoms with Crippen molar-refractivity contribution in [2.45, 2.75) is 0 Å². The van der Waals surface area contributed by atoms with Crippen LogP contribution in [0.15, 0.2) is 79.1 Å². The van der Waals surface area contributed by atoms with Gasteiger partial charge in [-0.05, 0) is 54.6 Å². The van der Waals surface area contributed by atoms with E-state index in [0.29, 0.717) is 17.0 Å². The third kappa shape index (κ3) is 3.35. The number of ether oxygens (including phenoxy) is 1. The summed E-state index contributed by atoms with van der Waals surface area (Å²) in [6, 6.07) is 22.2. The number of para-hydroxylation sites is 1. The van der Waals surface area contributed by atoms with Gasteiger partial charge in [-0.3, -0.25) is 4.79 Å². The molecule has 0 atom stereocenters. The highest BCUT2D eigenvalue weighted by Gasteiger charge is 2.08. The number of nitrogens with zero attached hydrogens (tertiary/aromatic N) is 1. The molecule has 4 rings (SSSR count). The Morgan fingerprint density at radius 1 is 0.920 bits per heavy atom. The standard InChI is InChI=1S/C20H15N3O2/c24-20(14-6-11-18-19(12-14)22-13-21-18)23-15-7-9-17(10-8-15)25-16-4-2-1-3-5-16/h1-13H,(H,21,22)(H,23,24). The first-order valence-electron chi connectivity index (χ1n) is 7.85. The number of carbonyl (C=O) groups excluding carboxylic acids is 1. The number of imidazole rings is 1. The molecule has 1 heterocycles. The zero-order valence-corrected chi connectivity index (χ0v) is 13.3. The summed E-state index contributed by atoms with van der Waals surface area (Å²) in [7, 11) is 0. The maximum absolute atomic E-state index is 12.4. The maximum atomic E-state index is 12.4. The Bertz CT molecular complexity index is 1010. The van der Waals surface area contributed by atoms with Crippen molar-refractivity contribution >= 4 is 22.6 Å². The fourth-order valence-corrected chi connectivity index (χ4v) is 2.51. The van der Waals surface area contributed by atoms with E-state index in [4.69, 9.17) is 4.74 Å². The highest BCUT2D eigenvalue weighted by atomic mass is 16.5. The van der Waals surface area contributed by atoms with E-state index >= 15 is 0 Å². The Balaban J connectivity index is 1.46.